The van der Waals surface area contributed by atoms with Crippen molar-refractivity contribution < 1.29 is 23.8 Å². The molecule has 0 spiro atoms. The number of hydrogen-bond acceptors (Lipinski definition) is 5. The number of benzene rings is 1. The molecule has 1 aromatic carbocycles. The summed E-state index contributed by atoms with van der Waals surface area (Å²) >= 11 is 3.48. The standard InChI is InChI=1S/C15H14BrNO5/c1-7-14(15(19)20-2)9(4-13(18)17-7)8-3-11-12(5-10(8)16)22-6-21-11/h3,5,9H,4,6H2,1-2H3,(H,17,18)/t9-/m0/s1. The fourth-order valence-electron chi connectivity index (χ4n) is 2.75. The van der Waals surface area contributed by atoms with Crippen molar-refractivity contribution in [2.45, 2.75) is 19.3 Å². The molecule has 6 nitrogen and oxygen atoms in total. The average molecular weight is 368 g/mol. The fourth-order valence-corrected chi connectivity index (χ4v) is 3.35. The lowest BCUT2D eigenvalue weighted by atomic mass is 9.84. The summed E-state index contributed by atoms with van der Waals surface area (Å²) in [5.74, 6) is 0.249. The van der Waals surface area contributed by atoms with E-state index in [2.05, 4.69) is 21.2 Å². The van der Waals surface area contributed by atoms with E-state index in [0.29, 0.717) is 22.8 Å². The van der Waals surface area contributed by atoms with Gasteiger partial charge in [0.1, 0.15) is 0 Å². The van der Waals surface area contributed by atoms with Gasteiger partial charge in [-0.2, -0.15) is 0 Å². The van der Waals surface area contributed by atoms with Crippen LogP contribution < -0.4 is 14.8 Å². The van der Waals surface area contributed by atoms with Crippen LogP contribution in [0.25, 0.3) is 0 Å². The first-order valence-electron chi connectivity index (χ1n) is 6.69. The maximum Gasteiger partial charge on any atom is 0.336 e. The SMILES string of the molecule is COC(=O)C1=C(C)NC(=O)C[C@H]1c1cc2c(cc1Br)OCO2. The van der Waals surface area contributed by atoms with Crippen molar-refractivity contribution in [3.8, 4) is 11.5 Å². The highest BCUT2D eigenvalue weighted by Gasteiger charge is 2.34. The highest BCUT2D eigenvalue weighted by atomic mass is 79.9. The summed E-state index contributed by atoms with van der Waals surface area (Å²) < 4.78 is 16.3. The molecule has 0 bridgehead atoms. The summed E-state index contributed by atoms with van der Waals surface area (Å²) in [6, 6.07) is 3.58. The maximum atomic E-state index is 12.1. The number of nitrogens with one attached hydrogen (secondary N) is 1. The summed E-state index contributed by atoms with van der Waals surface area (Å²) in [7, 11) is 1.32. The van der Waals surface area contributed by atoms with E-state index in [9.17, 15) is 9.59 Å². The van der Waals surface area contributed by atoms with Gasteiger partial charge in [0.2, 0.25) is 12.7 Å². The third kappa shape index (κ3) is 2.45. The van der Waals surface area contributed by atoms with E-state index < -0.39 is 11.9 Å². The summed E-state index contributed by atoms with van der Waals surface area (Å²) in [5.41, 5.74) is 1.75. The van der Waals surface area contributed by atoms with Crippen molar-refractivity contribution in [2.75, 3.05) is 13.9 Å². The third-order valence-corrected chi connectivity index (χ3v) is 4.43. The predicted molar refractivity (Wildman–Crippen MR) is 80.5 cm³/mol. The van der Waals surface area contributed by atoms with Gasteiger partial charge in [0.05, 0.1) is 12.7 Å². The Hall–Kier alpha value is -2.02. The molecule has 0 radical (unpaired) electrons. The Morgan fingerprint density at radius 1 is 1.36 bits per heavy atom. The smallest absolute Gasteiger partial charge is 0.336 e. The van der Waals surface area contributed by atoms with Crippen LogP contribution in [0.1, 0.15) is 24.8 Å². The lowest BCUT2D eigenvalue weighted by Crippen LogP contribution is -2.34. The molecule has 0 unspecified atom stereocenters. The fraction of sp³-hybridized carbons (Fsp3) is 0.333. The van der Waals surface area contributed by atoms with E-state index in [-0.39, 0.29) is 19.1 Å². The number of carbonyl (C=O) groups is 2. The Morgan fingerprint density at radius 2 is 2.05 bits per heavy atom. The van der Waals surface area contributed by atoms with Crippen molar-refractivity contribution in [3.63, 3.8) is 0 Å². The third-order valence-electron chi connectivity index (χ3n) is 3.74. The van der Waals surface area contributed by atoms with Gasteiger partial charge >= 0.3 is 5.97 Å². The predicted octanol–water partition coefficient (Wildman–Crippen LogP) is 2.23. The Balaban J connectivity index is 2.10. The Morgan fingerprint density at radius 3 is 2.73 bits per heavy atom. The topological polar surface area (TPSA) is 73.9 Å². The molecule has 1 amide bonds. The molecule has 7 heteroatoms. The van der Waals surface area contributed by atoms with Gasteiger partial charge in [-0.1, -0.05) is 15.9 Å². The van der Waals surface area contributed by atoms with E-state index in [1.54, 1.807) is 19.1 Å². The van der Waals surface area contributed by atoms with Crippen LogP contribution in [-0.2, 0) is 14.3 Å². The van der Waals surface area contributed by atoms with E-state index in [1.165, 1.54) is 7.11 Å². The number of methoxy groups -OCH3 is 1. The molecule has 2 aliphatic rings. The molecule has 0 saturated heterocycles. The van der Waals surface area contributed by atoms with Gasteiger partial charge in [-0.25, -0.2) is 4.79 Å². The minimum absolute atomic E-state index is 0.139. The monoisotopic (exact) mass is 367 g/mol. The largest absolute Gasteiger partial charge is 0.466 e. The first-order chi connectivity index (χ1) is 10.5. The van der Waals surface area contributed by atoms with Gasteiger partial charge in [-0.05, 0) is 24.6 Å². The Bertz CT molecular complexity index is 697. The van der Waals surface area contributed by atoms with E-state index in [0.717, 1.165) is 10.0 Å². The highest BCUT2D eigenvalue weighted by Crippen LogP contribution is 2.43. The molecule has 116 valence electrons. The number of esters is 1. The van der Waals surface area contributed by atoms with Crippen LogP contribution in [0.4, 0.5) is 0 Å². The first-order valence-corrected chi connectivity index (χ1v) is 7.48. The summed E-state index contributed by atoms with van der Waals surface area (Å²) in [6.45, 7) is 1.85. The van der Waals surface area contributed by atoms with Gasteiger partial charge in [-0.15, -0.1) is 0 Å². The minimum atomic E-state index is -0.452. The van der Waals surface area contributed by atoms with Crippen LogP contribution in [0.3, 0.4) is 0 Å². The van der Waals surface area contributed by atoms with Gasteiger partial charge in [0.25, 0.3) is 0 Å². The summed E-state index contributed by atoms with van der Waals surface area (Å²) in [5, 5.41) is 2.68. The molecular weight excluding hydrogens is 354 g/mol. The zero-order chi connectivity index (χ0) is 15.9. The summed E-state index contributed by atoms with van der Waals surface area (Å²) in [6.07, 6.45) is 0.167. The molecule has 3 rings (SSSR count). The first kappa shape index (κ1) is 14.9. The Labute approximate surface area is 135 Å². The number of allylic oxidation sites excluding steroid dienone is 1. The van der Waals surface area contributed by atoms with Gasteiger partial charge in [0, 0.05) is 22.5 Å². The molecule has 0 fully saturated rings. The van der Waals surface area contributed by atoms with E-state index >= 15 is 0 Å². The Kier molecular flexibility index (Phi) is 3.82. The van der Waals surface area contributed by atoms with Gasteiger partial charge in [0.15, 0.2) is 11.5 Å². The number of halogens is 1. The zero-order valence-corrected chi connectivity index (χ0v) is 13.7. The summed E-state index contributed by atoms with van der Waals surface area (Å²) in [4.78, 5) is 24.0. The molecule has 1 N–H and O–H groups in total. The quantitative estimate of drug-likeness (QED) is 0.811. The van der Waals surface area contributed by atoms with Crippen LogP contribution in [0.2, 0.25) is 0 Å². The second kappa shape index (κ2) is 5.64. The van der Waals surface area contributed by atoms with Crippen molar-refractivity contribution in [1.82, 2.24) is 5.32 Å². The number of amides is 1. The number of carbonyl (C=O) groups excluding carboxylic acids is 2. The molecule has 2 heterocycles. The number of hydrogen-bond donors (Lipinski definition) is 1. The van der Waals surface area contributed by atoms with Crippen LogP contribution in [0.5, 0.6) is 11.5 Å². The molecule has 2 aliphatic heterocycles. The van der Waals surface area contributed by atoms with Crippen LogP contribution in [0, 0.1) is 0 Å². The number of ether oxygens (including phenoxy) is 3. The van der Waals surface area contributed by atoms with Crippen molar-refractivity contribution in [1.29, 1.82) is 0 Å². The van der Waals surface area contributed by atoms with Crippen LogP contribution >= 0.6 is 15.9 Å². The zero-order valence-electron chi connectivity index (χ0n) is 12.1. The van der Waals surface area contributed by atoms with E-state index in [4.69, 9.17) is 14.2 Å². The van der Waals surface area contributed by atoms with Crippen LogP contribution in [-0.4, -0.2) is 25.8 Å². The molecule has 0 saturated carbocycles. The number of rotatable bonds is 2. The normalized spacial score (nSPS) is 20.0. The van der Waals surface area contributed by atoms with Gasteiger partial charge < -0.3 is 19.5 Å². The lowest BCUT2D eigenvalue weighted by Gasteiger charge is -2.27. The minimum Gasteiger partial charge on any atom is -0.466 e. The second-order valence-corrected chi connectivity index (χ2v) is 5.92. The molecule has 1 atom stereocenters. The lowest BCUT2D eigenvalue weighted by molar-refractivity contribution is -0.136. The second-order valence-electron chi connectivity index (χ2n) is 5.06. The van der Waals surface area contributed by atoms with Crippen molar-refractivity contribution >= 4 is 27.8 Å². The van der Waals surface area contributed by atoms with Gasteiger partial charge in [-0.3, -0.25) is 4.79 Å². The molecule has 1 aromatic rings. The molecule has 0 aliphatic carbocycles. The van der Waals surface area contributed by atoms with Crippen LogP contribution in [0.15, 0.2) is 27.9 Å². The molecular formula is C15H14BrNO5. The highest BCUT2D eigenvalue weighted by molar-refractivity contribution is 9.10. The van der Waals surface area contributed by atoms with Crippen molar-refractivity contribution in [2.24, 2.45) is 0 Å². The van der Waals surface area contributed by atoms with Crippen molar-refractivity contribution in [3.05, 3.63) is 33.4 Å². The maximum absolute atomic E-state index is 12.1. The van der Waals surface area contributed by atoms with E-state index in [1.807, 2.05) is 0 Å². The molecule has 0 aromatic heterocycles. The molecule has 22 heavy (non-hydrogen) atoms. The number of fused-ring (bicyclic) bond motifs is 1. The average Bonchev–Trinajstić information content (AvgIpc) is 2.91.